The molecule has 1 atom stereocenters. The number of urea groups is 1. The molecule has 4 heterocycles. The van der Waals surface area contributed by atoms with E-state index in [0.29, 0.717) is 10.7 Å². The molecule has 0 spiro atoms. The van der Waals surface area contributed by atoms with Gasteiger partial charge in [-0.25, -0.2) is 4.79 Å². The number of carbonyl (C=O) groups excluding carboxylic acids is 3. The van der Waals surface area contributed by atoms with Gasteiger partial charge >= 0.3 is 12.2 Å². The molecule has 0 saturated carbocycles. The number of alkyl halides is 3. The number of anilines is 3. The molecule has 200 valence electrons. The van der Waals surface area contributed by atoms with Crippen molar-refractivity contribution in [1.82, 2.24) is 10.6 Å². The van der Waals surface area contributed by atoms with E-state index in [1.54, 1.807) is 13.0 Å². The summed E-state index contributed by atoms with van der Waals surface area (Å²) in [7, 11) is 0. The van der Waals surface area contributed by atoms with Crippen LogP contribution in [0.1, 0.15) is 59.0 Å². The minimum Gasteiger partial charge on any atom is -0.301 e. The molecule has 4 amide bonds. The SMILES string of the molecule is Cc1ccc2c(c1)C(C)(C)c1cc(C)cc3c1N2c1sc(C=C2C(=O)NC(=O)NC2=O)cc1C3(C)C(F)(F)F. The Morgan fingerprint density at radius 1 is 0.846 bits per heavy atom. The molecule has 3 aromatic rings. The van der Waals surface area contributed by atoms with E-state index in [4.69, 9.17) is 0 Å². The van der Waals surface area contributed by atoms with Crippen LogP contribution in [-0.2, 0) is 20.4 Å². The molecule has 1 saturated heterocycles. The van der Waals surface area contributed by atoms with E-state index in [1.165, 1.54) is 19.1 Å². The number of fused-ring (bicyclic) bond motifs is 4. The molecule has 3 aliphatic heterocycles. The van der Waals surface area contributed by atoms with Crippen LogP contribution in [-0.4, -0.2) is 24.0 Å². The maximum atomic E-state index is 15.2. The number of carbonyl (C=O) groups is 3. The first-order valence-corrected chi connectivity index (χ1v) is 13.1. The number of aryl methyl sites for hydroxylation is 2. The van der Waals surface area contributed by atoms with Gasteiger partial charge in [0.1, 0.15) is 16.0 Å². The van der Waals surface area contributed by atoms with Crippen LogP contribution >= 0.6 is 11.3 Å². The van der Waals surface area contributed by atoms with Gasteiger partial charge in [-0.1, -0.05) is 49.2 Å². The molecule has 3 aliphatic rings. The lowest BCUT2D eigenvalue weighted by Gasteiger charge is -2.49. The number of hydrogen-bond acceptors (Lipinski definition) is 5. The molecule has 0 aliphatic carbocycles. The van der Waals surface area contributed by atoms with E-state index in [-0.39, 0.29) is 21.6 Å². The molecular weight excluding hydrogens is 527 g/mol. The van der Waals surface area contributed by atoms with E-state index in [2.05, 4.69) is 6.07 Å². The zero-order chi connectivity index (χ0) is 28.2. The van der Waals surface area contributed by atoms with Crippen molar-refractivity contribution in [1.29, 1.82) is 0 Å². The Bertz CT molecular complexity index is 1660. The van der Waals surface area contributed by atoms with Gasteiger partial charge in [0.25, 0.3) is 11.8 Å². The predicted molar refractivity (Wildman–Crippen MR) is 143 cm³/mol. The summed E-state index contributed by atoms with van der Waals surface area (Å²) in [5.74, 6) is -1.81. The highest BCUT2D eigenvalue weighted by atomic mass is 32.1. The number of hydrogen-bond donors (Lipinski definition) is 2. The lowest BCUT2D eigenvalue weighted by atomic mass is 9.66. The molecule has 0 radical (unpaired) electrons. The van der Waals surface area contributed by atoms with E-state index >= 15 is 13.2 Å². The Labute approximate surface area is 226 Å². The highest BCUT2D eigenvalue weighted by Crippen LogP contribution is 2.65. The van der Waals surface area contributed by atoms with Crippen LogP contribution < -0.4 is 15.5 Å². The van der Waals surface area contributed by atoms with Crippen LogP contribution in [0.2, 0.25) is 0 Å². The summed E-state index contributed by atoms with van der Waals surface area (Å²) in [6.45, 7) is 9.04. The predicted octanol–water partition coefficient (Wildman–Crippen LogP) is 6.41. The molecule has 39 heavy (non-hydrogen) atoms. The summed E-state index contributed by atoms with van der Waals surface area (Å²) >= 11 is 1.07. The molecule has 0 bridgehead atoms. The maximum Gasteiger partial charge on any atom is 0.402 e. The number of imide groups is 2. The summed E-state index contributed by atoms with van der Waals surface area (Å²) in [6, 6.07) is 9.97. The number of thiophene rings is 1. The topological polar surface area (TPSA) is 78.5 Å². The van der Waals surface area contributed by atoms with Crippen molar-refractivity contribution in [3.05, 3.63) is 80.2 Å². The van der Waals surface area contributed by atoms with Gasteiger partial charge in [0.15, 0.2) is 0 Å². The van der Waals surface area contributed by atoms with Crippen molar-refractivity contribution < 1.29 is 27.6 Å². The Morgan fingerprint density at radius 3 is 2.10 bits per heavy atom. The summed E-state index contributed by atoms with van der Waals surface area (Å²) in [5.41, 5.74) is 1.77. The third kappa shape index (κ3) is 3.37. The first-order valence-electron chi connectivity index (χ1n) is 12.3. The normalized spacial score (nSPS) is 21.1. The molecule has 2 aromatic carbocycles. The minimum atomic E-state index is -4.65. The van der Waals surface area contributed by atoms with Gasteiger partial charge in [-0.15, -0.1) is 11.3 Å². The number of halogens is 3. The Hall–Kier alpha value is -3.92. The largest absolute Gasteiger partial charge is 0.402 e. The second kappa shape index (κ2) is 7.81. The van der Waals surface area contributed by atoms with Crippen molar-refractivity contribution in [3.63, 3.8) is 0 Å². The van der Waals surface area contributed by atoms with Crippen molar-refractivity contribution in [2.45, 2.75) is 51.6 Å². The molecule has 1 aromatic heterocycles. The van der Waals surface area contributed by atoms with Crippen LogP contribution in [0.4, 0.5) is 34.3 Å². The number of nitrogens with one attached hydrogen (secondary N) is 2. The fraction of sp³-hybridized carbons (Fsp3) is 0.276. The highest BCUT2D eigenvalue weighted by Gasteiger charge is 2.60. The maximum absolute atomic E-state index is 15.2. The Balaban J connectivity index is 1.69. The fourth-order valence-corrected chi connectivity index (χ4v) is 7.12. The van der Waals surface area contributed by atoms with Gasteiger partial charge in [-0.3, -0.25) is 20.2 Å². The van der Waals surface area contributed by atoms with Crippen molar-refractivity contribution >= 4 is 51.6 Å². The van der Waals surface area contributed by atoms with E-state index in [9.17, 15) is 14.4 Å². The van der Waals surface area contributed by atoms with Crippen LogP contribution in [0.5, 0.6) is 0 Å². The van der Waals surface area contributed by atoms with Crippen LogP contribution in [0.25, 0.3) is 6.08 Å². The second-order valence-electron chi connectivity index (χ2n) is 11.0. The summed E-state index contributed by atoms with van der Waals surface area (Å²) in [5, 5.41) is 4.37. The smallest absolute Gasteiger partial charge is 0.301 e. The lowest BCUT2D eigenvalue weighted by Crippen LogP contribution is -2.51. The number of amides is 4. The summed E-state index contributed by atoms with van der Waals surface area (Å²) in [6.07, 6.45) is -3.41. The average molecular weight is 552 g/mol. The van der Waals surface area contributed by atoms with E-state index in [1.807, 2.05) is 54.5 Å². The third-order valence-electron chi connectivity index (χ3n) is 8.03. The first-order chi connectivity index (χ1) is 18.1. The minimum absolute atomic E-state index is 0.0369. The Kier molecular flexibility index (Phi) is 5.08. The quantitative estimate of drug-likeness (QED) is 0.271. The molecule has 6 rings (SSSR count). The number of barbiturate groups is 1. The molecule has 10 heteroatoms. The zero-order valence-electron chi connectivity index (χ0n) is 21.8. The van der Waals surface area contributed by atoms with Crippen molar-refractivity contribution in [2.24, 2.45) is 0 Å². The summed E-state index contributed by atoms with van der Waals surface area (Å²) in [4.78, 5) is 38.4. The van der Waals surface area contributed by atoms with Crippen LogP contribution in [0.15, 0.2) is 42.0 Å². The van der Waals surface area contributed by atoms with Gasteiger partial charge in [-0.05, 0) is 55.7 Å². The number of rotatable bonds is 1. The van der Waals surface area contributed by atoms with Crippen molar-refractivity contribution in [2.75, 3.05) is 4.90 Å². The Morgan fingerprint density at radius 2 is 1.46 bits per heavy atom. The van der Waals surface area contributed by atoms with Crippen LogP contribution in [0.3, 0.4) is 0 Å². The lowest BCUT2D eigenvalue weighted by molar-refractivity contribution is -0.173. The molecule has 6 nitrogen and oxygen atoms in total. The molecule has 2 N–H and O–H groups in total. The van der Waals surface area contributed by atoms with E-state index in [0.717, 1.165) is 39.3 Å². The number of benzene rings is 2. The molecule has 1 fully saturated rings. The van der Waals surface area contributed by atoms with Gasteiger partial charge in [0.05, 0.1) is 11.4 Å². The highest BCUT2D eigenvalue weighted by molar-refractivity contribution is 7.17. The number of nitrogens with zero attached hydrogens (tertiary/aromatic N) is 1. The van der Waals surface area contributed by atoms with Crippen molar-refractivity contribution in [3.8, 4) is 0 Å². The van der Waals surface area contributed by atoms with Gasteiger partial charge in [0.2, 0.25) is 0 Å². The van der Waals surface area contributed by atoms with Gasteiger partial charge in [-0.2, -0.15) is 13.2 Å². The third-order valence-corrected chi connectivity index (χ3v) is 9.09. The van der Waals surface area contributed by atoms with Gasteiger partial charge < -0.3 is 4.90 Å². The molecule has 1 unspecified atom stereocenters. The monoisotopic (exact) mass is 551 g/mol. The molecular formula is C29H24F3N3O3S. The fourth-order valence-electron chi connectivity index (χ4n) is 5.89. The van der Waals surface area contributed by atoms with Gasteiger partial charge in [0, 0.05) is 15.9 Å². The first kappa shape index (κ1) is 25.4. The second-order valence-corrected chi connectivity index (χ2v) is 12.0. The zero-order valence-corrected chi connectivity index (χ0v) is 22.6. The average Bonchev–Trinajstić information content (AvgIpc) is 3.25. The van der Waals surface area contributed by atoms with E-state index < -0.39 is 34.9 Å². The standard InChI is InChI=1S/C29H24F3N3O3S/c1-13-6-7-21-17(8-13)27(3,4)18-9-14(2)10-19-22(18)35(21)25-20(28(19,5)29(30,31)32)12-15(39-25)11-16-23(36)33-26(38)34-24(16)37/h6-12H,1-5H3,(H2,33,34,36,37,38). The van der Waals surface area contributed by atoms with Crippen LogP contribution in [0, 0.1) is 13.8 Å². The summed E-state index contributed by atoms with van der Waals surface area (Å²) < 4.78 is 45.5.